The van der Waals surface area contributed by atoms with Gasteiger partial charge in [-0.1, -0.05) is 11.6 Å². The molecule has 16 heavy (non-hydrogen) atoms. The predicted octanol–water partition coefficient (Wildman–Crippen LogP) is 4.47. The summed E-state index contributed by atoms with van der Waals surface area (Å²) in [4.78, 5) is 4.01. The first-order valence-corrected chi connectivity index (χ1v) is 6.40. The quantitative estimate of drug-likeness (QED) is 0.815. The molecule has 0 aliphatic carbocycles. The van der Waals surface area contributed by atoms with Gasteiger partial charge in [0.25, 0.3) is 0 Å². The zero-order valence-corrected chi connectivity index (χ0v) is 11.9. The van der Waals surface area contributed by atoms with Crippen molar-refractivity contribution in [1.82, 2.24) is 4.98 Å². The standard InChI is InChI=1S/C10H7Br2ClN2O/c11-8-3-6(4-15-10(8)13)14-5-7-1-2-9(12)16-7/h1-4,14H,5H2. The Morgan fingerprint density at radius 2 is 2.19 bits per heavy atom. The van der Waals surface area contributed by atoms with Crippen molar-refractivity contribution >= 4 is 49.1 Å². The fraction of sp³-hybridized carbons (Fsp3) is 0.100. The first kappa shape index (κ1) is 12.0. The summed E-state index contributed by atoms with van der Waals surface area (Å²) in [5.41, 5.74) is 0.879. The van der Waals surface area contributed by atoms with Crippen LogP contribution in [-0.4, -0.2) is 4.98 Å². The van der Waals surface area contributed by atoms with Gasteiger partial charge in [-0.2, -0.15) is 0 Å². The fourth-order valence-corrected chi connectivity index (χ4v) is 1.95. The molecular formula is C10H7Br2ClN2O. The van der Waals surface area contributed by atoms with Crippen LogP contribution in [0.15, 0.2) is 38.0 Å². The molecule has 0 fully saturated rings. The Labute approximate surface area is 114 Å². The molecule has 0 aliphatic heterocycles. The van der Waals surface area contributed by atoms with Gasteiger partial charge in [-0.3, -0.25) is 0 Å². The molecule has 2 heterocycles. The maximum absolute atomic E-state index is 5.79. The number of nitrogens with zero attached hydrogens (tertiary/aromatic N) is 1. The lowest BCUT2D eigenvalue weighted by atomic mass is 10.4. The van der Waals surface area contributed by atoms with Gasteiger partial charge in [-0.05, 0) is 50.1 Å². The smallest absolute Gasteiger partial charge is 0.169 e. The fourth-order valence-electron chi connectivity index (χ4n) is 1.15. The number of halogens is 3. The van der Waals surface area contributed by atoms with Crippen molar-refractivity contribution in [1.29, 1.82) is 0 Å². The lowest BCUT2D eigenvalue weighted by molar-refractivity contribution is 0.495. The second-order valence-corrected chi connectivity index (χ2v) is 5.05. The van der Waals surface area contributed by atoms with Gasteiger partial charge in [0.2, 0.25) is 0 Å². The summed E-state index contributed by atoms with van der Waals surface area (Å²) in [7, 11) is 0. The third-order valence-corrected chi connectivity index (χ3v) is 3.45. The van der Waals surface area contributed by atoms with Gasteiger partial charge in [0.15, 0.2) is 4.67 Å². The minimum absolute atomic E-state index is 0.450. The van der Waals surface area contributed by atoms with E-state index < -0.39 is 0 Å². The summed E-state index contributed by atoms with van der Waals surface area (Å²) in [6.45, 7) is 0.599. The van der Waals surface area contributed by atoms with Gasteiger partial charge in [0.1, 0.15) is 10.9 Å². The van der Waals surface area contributed by atoms with E-state index in [1.165, 1.54) is 0 Å². The predicted molar refractivity (Wildman–Crippen MR) is 70.7 cm³/mol. The third-order valence-electron chi connectivity index (χ3n) is 1.89. The van der Waals surface area contributed by atoms with Gasteiger partial charge in [0, 0.05) is 0 Å². The van der Waals surface area contributed by atoms with Crippen LogP contribution in [0, 0.1) is 0 Å². The number of anilines is 1. The minimum Gasteiger partial charge on any atom is -0.452 e. The molecule has 0 amide bonds. The van der Waals surface area contributed by atoms with Crippen LogP contribution in [0.2, 0.25) is 5.15 Å². The SMILES string of the molecule is Clc1ncc(NCc2ccc(Br)o2)cc1Br. The molecule has 0 spiro atoms. The molecule has 0 radical (unpaired) electrons. The number of furan rings is 1. The number of aromatic nitrogens is 1. The van der Waals surface area contributed by atoms with Crippen LogP contribution in [0.4, 0.5) is 5.69 Å². The Hall–Kier alpha value is -0.520. The molecule has 0 saturated carbocycles. The van der Waals surface area contributed by atoms with Gasteiger partial charge in [-0.15, -0.1) is 0 Å². The maximum atomic E-state index is 5.79. The van der Waals surface area contributed by atoms with Crippen molar-refractivity contribution in [3.8, 4) is 0 Å². The second-order valence-electron chi connectivity index (χ2n) is 3.06. The van der Waals surface area contributed by atoms with Gasteiger partial charge in [-0.25, -0.2) is 4.98 Å². The zero-order chi connectivity index (χ0) is 11.5. The van der Waals surface area contributed by atoms with Crippen LogP contribution >= 0.6 is 43.5 Å². The van der Waals surface area contributed by atoms with Crippen molar-refractivity contribution in [2.24, 2.45) is 0 Å². The Balaban J connectivity index is 2.02. The number of pyridine rings is 1. The molecule has 0 atom stereocenters. The second kappa shape index (κ2) is 5.21. The Morgan fingerprint density at radius 3 is 2.81 bits per heavy atom. The average molecular weight is 366 g/mol. The molecule has 0 saturated heterocycles. The monoisotopic (exact) mass is 364 g/mol. The van der Waals surface area contributed by atoms with E-state index in [-0.39, 0.29) is 0 Å². The molecule has 84 valence electrons. The molecular weight excluding hydrogens is 359 g/mol. The normalized spacial score (nSPS) is 10.4. The lowest BCUT2D eigenvalue weighted by Gasteiger charge is -2.04. The van der Waals surface area contributed by atoms with Crippen molar-refractivity contribution in [3.63, 3.8) is 0 Å². The van der Waals surface area contributed by atoms with Crippen molar-refractivity contribution in [3.05, 3.63) is 44.5 Å². The largest absolute Gasteiger partial charge is 0.452 e. The number of hydrogen-bond donors (Lipinski definition) is 1. The van der Waals surface area contributed by atoms with Crippen LogP contribution in [0.25, 0.3) is 0 Å². The van der Waals surface area contributed by atoms with Gasteiger partial charge in [0.05, 0.1) is 22.9 Å². The highest BCUT2D eigenvalue weighted by molar-refractivity contribution is 9.10. The van der Waals surface area contributed by atoms with Crippen molar-refractivity contribution in [2.45, 2.75) is 6.54 Å². The number of nitrogens with one attached hydrogen (secondary N) is 1. The summed E-state index contributed by atoms with van der Waals surface area (Å²) in [5, 5.41) is 3.63. The molecule has 0 aliphatic rings. The first-order chi connectivity index (χ1) is 7.65. The van der Waals surface area contributed by atoms with E-state index >= 15 is 0 Å². The van der Waals surface area contributed by atoms with Crippen LogP contribution in [0.5, 0.6) is 0 Å². The van der Waals surface area contributed by atoms with E-state index in [0.29, 0.717) is 11.7 Å². The third kappa shape index (κ3) is 2.99. The number of rotatable bonds is 3. The highest BCUT2D eigenvalue weighted by atomic mass is 79.9. The molecule has 3 nitrogen and oxygen atoms in total. The Morgan fingerprint density at radius 1 is 1.38 bits per heavy atom. The molecule has 2 aromatic heterocycles. The maximum Gasteiger partial charge on any atom is 0.169 e. The van der Waals surface area contributed by atoms with Gasteiger partial charge < -0.3 is 9.73 Å². The van der Waals surface area contributed by atoms with E-state index in [1.807, 2.05) is 18.2 Å². The highest BCUT2D eigenvalue weighted by Gasteiger charge is 2.02. The van der Waals surface area contributed by atoms with E-state index in [4.69, 9.17) is 16.0 Å². The summed E-state index contributed by atoms with van der Waals surface area (Å²) in [6.07, 6.45) is 1.67. The molecule has 2 aromatic rings. The Kier molecular flexibility index (Phi) is 3.89. The molecule has 0 unspecified atom stereocenters. The van der Waals surface area contributed by atoms with E-state index in [9.17, 15) is 0 Å². The summed E-state index contributed by atoms with van der Waals surface area (Å²) in [5.74, 6) is 0.845. The molecule has 6 heteroatoms. The van der Waals surface area contributed by atoms with Crippen molar-refractivity contribution in [2.75, 3.05) is 5.32 Å². The summed E-state index contributed by atoms with van der Waals surface area (Å²) >= 11 is 12.3. The van der Waals surface area contributed by atoms with E-state index in [1.54, 1.807) is 6.20 Å². The Bertz CT molecular complexity index is 501. The number of hydrogen-bond acceptors (Lipinski definition) is 3. The van der Waals surface area contributed by atoms with Gasteiger partial charge >= 0.3 is 0 Å². The van der Waals surface area contributed by atoms with Crippen LogP contribution in [0.3, 0.4) is 0 Å². The molecule has 0 aromatic carbocycles. The van der Waals surface area contributed by atoms with Crippen LogP contribution in [-0.2, 0) is 6.54 Å². The zero-order valence-electron chi connectivity index (χ0n) is 8.01. The van der Waals surface area contributed by atoms with Crippen LogP contribution < -0.4 is 5.32 Å². The van der Waals surface area contributed by atoms with E-state index in [2.05, 4.69) is 42.2 Å². The topological polar surface area (TPSA) is 38.1 Å². The molecule has 0 bridgehead atoms. The van der Waals surface area contributed by atoms with E-state index in [0.717, 1.165) is 20.6 Å². The summed E-state index contributed by atoms with van der Waals surface area (Å²) < 4.78 is 6.84. The minimum atomic E-state index is 0.450. The molecule has 2 rings (SSSR count). The average Bonchev–Trinajstić information content (AvgIpc) is 2.66. The van der Waals surface area contributed by atoms with Crippen molar-refractivity contribution < 1.29 is 4.42 Å². The molecule has 1 N–H and O–H groups in total. The first-order valence-electron chi connectivity index (χ1n) is 4.44. The highest BCUT2D eigenvalue weighted by Crippen LogP contribution is 2.23. The summed E-state index contributed by atoms with van der Waals surface area (Å²) in [6, 6.07) is 5.62. The van der Waals surface area contributed by atoms with Crippen LogP contribution in [0.1, 0.15) is 5.76 Å². The lowest BCUT2D eigenvalue weighted by Crippen LogP contribution is -1.98.